The van der Waals surface area contributed by atoms with Crippen LogP contribution in [-0.4, -0.2) is 11.3 Å². The lowest BCUT2D eigenvalue weighted by atomic mass is 9.39. The Balaban J connectivity index is 1.63. The van der Waals surface area contributed by atoms with Crippen molar-refractivity contribution in [1.29, 1.82) is 0 Å². The van der Waals surface area contributed by atoms with E-state index in [-0.39, 0.29) is 0 Å². The van der Waals surface area contributed by atoms with Gasteiger partial charge >= 0.3 is 0 Å². The maximum atomic E-state index is 2.59. The third-order valence-corrected chi connectivity index (χ3v) is 7.47. The summed E-state index contributed by atoms with van der Waals surface area (Å²) >= 11 is 0. The monoisotopic (exact) mass is 409 g/mol. The summed E-state index contributed by atoms with van der Waals surface area (Å²) in [4.78, 5) is 0. The normalized spacial score (nSPS) is 14.3. The average Bonchev–Trinajstić information content (AvgIpc) is 3.38. The van der Waals surface area contributed by atoms with Crippen LogP contribution in [0.5, 0.6) is 0 Å². The van der Waals surface area contributed by atoms with Crippen LogP contribution < -0.4 is 16.4 Å². The molecule has 0 saturated carbocycles. The Bertz CT molecular complexity index is 1460. The van der Waals surface area contributed by atoms with Gasteiger partial charge in [0.05, 0.1) is 5.52 Å². The minimum Gasteiger partial charge on any atom is -0.313 e. The molecule has 1 nitrogen and oxygen atoms in total. The number of hydrogen-bond acceptors (Lipinski definition) is 0. The molecule has 5 aromatic rings. The van der Waals surface area contributed by atoms with Gasteiger partial charge < -0.3 is 4.57 Å². The van der Waals surface area contributed by atoms with Gasteiger partial charge in [-0.3, -0.25) is 0 Å². The first-order valence-electron chi connectivity index (χ1n) is 11.8. The van der Waals surface area contributed by atoms with Crippen molar-refractivity contribution in [2.75, 3.05) is 0 Å². The fourth-order valence-electron chi connectivity index (χ4n) is 6.18. The van der Waals surface area contributed by atoms with Crippen LogP contribution >= 0.6 is 0 Å². The Hall–Kier alpha value is -3.52. The minimum absolute atomic E-state index is 0.294. The molecule has 1 aliphatic heterocycles. The highest BCUT2D eigenvalue weighted by molar-refractivity contribution is 6.99. The van der Waals surface area contributed by atoms with E-state index in [9.17, 15) is 0 Å². The topological polar surface area (TPSA) is 4.93 Å². The summed E-state index contributed by atoms with van der Waals surface area (Å²) in [5, 5.41) is 1.45. The highest BCUT2D eigenvalue weighted by Gasteiger charge is 2.36. The molecule has 0 atom stereocenters. The van der Waals surface area contributed by atoms with Crippen LogP contribution in [0.4, 0.5) is 0 Å². The van der Waals surface area contributed by atoms with Gasteiger partial charge in [0.25, 0.3) is 0 Å². The molecule has 0 spiro atoms. The van der Waals surface area contributed by atoms with Crippen LogP contribution in [0, 0.1) is 0 Å². The SMILES string of the molecule is c1ccc(B2c3ccccc3-c3c2ccc2c4c(n(-c5ccccc5)c32)CCCC4)cc1. The lowest BCUT2D eigenvalue weighted by Gasteiger charge is -2.17. The van der Waals surface area contributed by atoms with Gasteiger partial charge in [0, 0.05) is 22.3 Å². The van der Waals surface area contributed by atoms with E-state index in [1.807, 2.05) is 0 Å². The molecule has 2 heterocycles. The van der Waals surface area contributed by atoms with Crippen molar-refractivity contribution in [3.05, 3.63) is 108 Å². The largest absolute Gasteiger partial charge is 0.313 e. The molecule has 32 heavy (non-hydrogen) atoms. The average molecular weight is 409 g/mol. The molecule has 152 valence electrons. The highest BCUT2D eigenvalue weighted by Crippen LogP contribution is 2.40. The van der Waals surface area contributed by atoms with Gasteiger partial charge in [0.15, 0.2) is 0 Å². The van der Waals surface area contributed by atoms with Gasteiger partial charge in [-0.25, -0.2) is 0 Å². The zero-order chi connectivity index (χ0) is 21.1. The van der Waals surface area contributed by atoms with Gasteiger partial charge in [0.1, 0.15) is 0 Å². The van der Waals surface area contributed by atoms with Crippen molar-refractivity contribution in [3.63, 3.8) is 0 Å². The second kappa shape index (κ2) is 7.00. The summed E-state index contributed by atoms with van der Waals surface area (Å²) in [6, 6.07) is 35.9. The molecule has 4 aromatic carbocycles. The first-order chi connectivity index (χ1) is 15.9. The van der Waals surface area contributed by atoms with E-state index in [2.05, 4.69) is 102 Å². The van der Waals surface area contributed by atoms with Gasteiger partial charge in [-0.15, -0.1) is 0 Å². The van der Waals surface area contributed by atoms with E-state index in [1.54, 1.807) is 5.56 Å². The van der Waals surface area contributed by atoms with E-state index in [0.29, 0.717) is 6.71 Å². The number of benzene rings is 4. The molecule has 1 aromatic heterocycles. The standard InChI is InChI=1S/C30H24BN/c1-3-11-21(12-4-1)31-26-17-9-7-16-25(26)29-27(31)20-19-24-23-15-8-10-18-28(23)32(30(24)29)22-13-5-2-6-14-22/h1-7,9,11-14,16-17,19-20H,8,10,15,18H2. The van der Waals surface area contributed by atoms with Gasteiger partial charge in [-0.05, 0) is 48.9 Å². The maximum absolute atomic E-state index is 2.59. The summed E-state index contributed by atoms with van der Waals surface area (Å²) in [6.45, 7) is 0.294. The summed E-state index contributed by atoms with van der Waals surface area (Å²) in [5.74, 6) is 0. The molecule has 0 amide bonds. The molecule has 7 rings (SSSR count). The van der Waals surface area contributed by atoms with Crippen LogP contribution in [0.2, 0.25) is 0 Å². The fraction of sp³-hybridized carbons (Fsp3) is 0.133. The lowest BCUT2D eigenvalue weighted by Crippen LogP contribution is -2.48. The van der Waals surface area contributed by atoms with E-state index in [4.69, 9.17) is 0 Å². The number of para-hydroxylation sites is 1. The Morgan fingerprint density at radius 1 is 0.625 bits per heavy atom. The fourth-order valence-corrected chi connectivity index (χ4v) is 6.18. The van der Waals surface area contributed by atoms with Crippen molar-refractivity contribution >= 4 is 34.0 Å². The van der Waals surface area contributed by atoms with Crippen LogP contribution in [0.25, 0.3) is 27.7 Å². The molecule has 0 bridgehead atoms. The summed E-state index contributed by atoms with van der Waals surface area (Å²) in [5.41, 5.74) is 12.9. The van der Waals surface area contributed by atoms with E-state index < -0.39 is 0 Å². The summed E-state index contributed by atoms with van der Waals surface area (Å²) in [6.07, 6.45) is 4.93. The Morgan fingerprint density at radius 2 is 1.34 bits per heavy atom. The van der Waals surface area contributed by atoms with Crippen molar-refractivity contribution in [2.45, 2.75) is 25.7 Å². The number of hydrogen-bond donors (Lipinski definition) is 0. The molecular weight excluding hydrogens is 385 g/mol. The van der Waals surface area contributed by atoms with Crippen LogP contribution in [0.1, 0.15) is 24.1 Å². The quantitative estimate of drug-likeness (QED) is 0.355. The molecule has 2 aliphatic rings. The smallest absolute Gasteiger partial charge is 0.242 e. The predicted molar refractivity (Wildman–Crippen MR) is 136 cm³/mol. The maximum Gasteiger partial charge on any atom is 0.242 e. The lowest BCUT2D eigenvalue weighted by molar-refractivity contribution is 0.667. The molecular formula is C30H24BN. The van der Waals surface area contributed by atoms with Crippen molar-refractivity contribution in [1.82, 2.24) is 4.57 Å². The first kappa shape index (κ1) is 18.1. The number of fused-ring (bicyclic) bond motifs is 7. The van der Waals surface area contributed by atoms with Gasteiger partial charge in [0.2, 0.25) is 6.71 Å². The number of rotatable bonds is 2. The van der Waals surface area contributed by atoms with E-state index in [0.717, 1.165) is 6.42 Å². The third-order valence-electron chi connectivity index (χ3n) is 7.47. The minimum atomic E-state index is 0.294. The zero-order valence-electron chi connectivity index (χ0n) is 18.1. The molecule has 0 N–H and O–H groups in total. The first-order valence-corrected chi connectivity index (χ1v) is 11.8. The summed E-state index contributed by atoms with van der Waals surface area (Å²) in [7, 11) is 0. The van der Waals surface area contributed by atoms with Crippen LogP contribution in [-0.2, 0) is 12.8 Å². The Labute approximate surface area is 189 Å². The van der Waals surface area contributed by atoms with Crippen molar-refractivity contribution < 1.29 is 0 Å². The highest BCUT2D eigenvalue weighted by atomic mass is 15.0. The van der Waals surface area contributed by atoms with E-state index >= 15 is 0 Å². The van der Waals surface area contributed by atoms with Crippen molar-refractivity contribution in [2.24, 2.45) is 0 Å². The van der Waals surface area contributed by atoms with Gasteiger partial charge in [-0.1, -0.05) is 101 Å². The summed E-state index contributed by atoms with van der Waals surface area (Å²) < 4.78 is 2.59. The molecule has 2 heteroatoms. The molecule has 0 fully saturated rings. The predicted octanol–water partition coefficient (Wildman–Crippen LogP) is 5.01. The number of aryl methyl sites for hydroxylation is 1. The number of nitrogens with zero attached hydrogens (tertiary/aromatic N) is 1. The molecule has 1 aliphatic carbocycles. The van der Waals surface area contributed by atoms with Crippen LogP contribution in [0.15, 0.2) is 97.1 Å². The second-order valence-corrected chi connectivity index (χ2v) is 9.16. The Morgan fingerprint density at radius 3 is 2.19 bits per heavy atom. The molecule has 0 unspecified atom stereocenters. The molecule has 0 radical (unpaired) electrons. The second-order valence-electron chi connectivity index (χ2n) is 9.16. The van der Waals surface area contributed by atoms with Crippen molar-refractivity contribution in [3.8, 4) is 16.8 Å². The van der Waals surface area contributed by atoms with E-state index in [1.165, 1.54) is 69.1 Å². The Kier molecular flexibility index (Phi) is 3.96. The zero-order valence-corrected chi connectivity index (χ0v) is 18.1. The number of aromatic nitrogens is 1. The van der Waals surface area contributed by atoms with Gasteiger partial charge in [-0.2, -0.15) is 0 Å². The van der Waals surface area contributed by atoms with Crippen LogP contribution in [0.3, 0.4) is 0 Å². The third kappa shape index (κ3) is 2.47. The molecule has 0 saturated heterocycles.